The molecular formula is C3H6O2S3. The number of rotatable bonds is 2. The number of hydrogen-bond donors (Lipinski definition) is 1. The molecule has 0 aromatic heterocycles. The monoisotopic (exact) mass is 170 g/mol. The zero-order chi connectivity index (χ0) is 6.57. The third-order valence-corrected chi connectivity index (χ3v) is 1.63. The highest BCUT2D eigenvalue weighted by Gasteiger charge is 1.95. The summed E-state index contributed by atoms with van der Waals surface area (Å²) in [6.45, 7) is 1.74. The van der Waals surface area contributed by atoms with Crippen molar-refractivity contribution in [3.63, 3.8) is 0 Å². The van der Waals surface area contributed by atoms with Crippen molar-refractivity contribution >= 4 is 40.3 Å². The Bertz CT molecular complexity index is 111. The first-order valence-electron chi connectivity index (χ1n) is 1.96. The molecule has 1 atom stereocenters. The lowest BCUT2D eigenvalue weighted by Gasteiger charge is -1.95. The molecule has 0 amide bonds. The maximum absolute atomic E-state index is 10.4. The van der Waals surface area contributed by atoms with Gasteiger partial charge in [0, 0.05) is 0 Å². The summed E-state index contributed by atoms with van der Waals surface area (Å²) < 4.78 is 14.9. The molecule has 0 rings (SSSR count). The molecule has 0 radical (unpaired) electrons. The van der Waals surface area contributed by atoms with Gasteiger partial charge in [-0.1, -0.05) is 19.6 Å². The maximum atomic E-state index is 10.4. The van der Waals surface area contributed by atoms with E-state index >= 15 is 0 Å². The standard InChI is InChI=1S/C3H6O2S3/c1-2-8(4)5-3(6)7/h2H2,1H3,(H,6,7). The third-order valence-electron chi connectivity index (χ3n) is 0.400. The lowest BCUT2D eigenvalue weighted by Crippen LogP contribution is -2.00. The summed E-state index contributed by atoms with van der Waals surface area (Å²) in [7, 11) is 0. The van der Waals surface area contributed by atoms with Crippen LogP contribution >= 0.6 is 24.8 Å². The summed E-state index contributed by atoms with van der Waals surface area (Å²) in [4.78, 5) is 0. The SMILES string of the molecule is CCS(=O)OC(=S)S. The fourth-order valence-corrected chi connectivity index (χ4v) is 0.892. The Morgan fingerprint density at radius 3 is 2.62 bits per heavy atom. The van der Waals surface area contributed by atoms with Crippen molar-refractivity contribution in [3.8, 4) is 0 Å². The Balaban J connectivity index is 3.40. The normalized spacial score (nSPS) is 12.8. The van der Waals surface area contributed by atoms with Gasteiger partial charge < -0.3 is 4.18 Å². The molecule has 8 heavy (non-hydrogen) atoms. The van der Waals surface area contributed by atoms with Gasteiger partial charge >= 0.3 is 0 Å². The van der Waals surface area contributed by atoms with Gasteiger partial charge in [-0.25, -0.2) is 4.21 Å². The van der Waals surface area contributed by atoms with Crippen molar-refractivity contribution in [1.82, 2.24) is 0 Å². The first-order valence-corrected chi connectivity index (χ1v) is 4.06. The Morgan fingerprint density at radius 2 is 2.50 bits per heavy atom. The van der Waals surface area contributed by atoms with Crippen LogP contribution in [0, 0.1) is 0 Å². The molecule has 1 unspecified atom stereocenters. The molecule has 0 aromatic carbocycles. The summed E-state index contributed by atoms with van der Waals surface area (Å²) in [6.07, 6.45) is 0. The quantitative estimate of drug-likeness (QED) is 0.492. The first kappa shape index (κ1) is 8.39. The molecule has 0 bridgehead atoms. The van der Waals surface area contributed by atoms with Crippen LogP contribution in [0.15, 0.2) is 0 Å². The van der Waals surface area contributed by atoms with Gasteiger partial charge in [-0.05, 0) is 12.2 Å². The largest absolute Gasteiger partial charge is 0.381 e. The molecule has 0 aliphatic rings. The molecule has 0 aromatic rings. The summed E-state index contributed by atoms with van der Waals surface area (Å²) in [5.74, 6) is 0.445. The van der Waals surface area contributed by atoms with Crippen LogP contribution in [0.4, 0.5) is 0 Å². The van der Waals surface area contributed by atoms with E-state index in [2.05, 4.69) is 29.0 Å². The van der Waals surface area contributed by atoms with Crippen LogP contribution in [0.5, 0.6) is 0 Å². The van der Waals surface area contributed by atoms with Gasteiger partial charge in [0.2, 0.25) is 15.5 Å². The van der Waals surface area contributed by atoms with Crippen LogP contribution in [0.3, 0.4) is 0 Å². The van der Waals surface area contributed by atoms with Crippen molar-refractivity contribution < 1.29 is 8.39 Å². The molecular weight excluding hydrogens is 164 g/mol. The van der Waals surface area contributed by atoms with Crippen LogP contribution in [-0.2, 0) is 15.3 Å². The minimum Gasteiger partial charge on any atom is -0.381 e. The van der Waals surface area contributed by atoms with Crippen LogP contribution in [-0.4, -0.2) is 14.3 Å². The molecule has 2 nitrogen and oxygen atoms in total. The third kappa shape index (κ3) is 4.55. The number of hydrogen-bond acceptors (Lipinski definition) is 3. The second-order valence-corrected chi connectivity index (χ2v) is 3.37. The van der Waals surface area contributed by atoms with Gasteiger partial charge in [0.15, 0.2) is 0 Å². The fraction of sp³-hybridized carbons (Fsp3) is 0.667. The van der Waals surface area contributed by atoms with Crippen molar-refractivity contribution in [3.05, 3.63) is 0 Å². The lowest BCUT2D eigenvalue weighted by molar-refractivity contribution is 0.578. The van der Waals surface area contributed by atoms with Crippen LogP contribution in [0.1, 0.15) is 6.92 Å². The topological polar surface area (TPSA) is 26.3 Å². The summed E-state index contributed by atoms with van der Waals surface area (Å²) in [5, 5.41) is 0. The lowest BCUT2D eigenvalue weighted by atomic mass is 11.0. The van der Waals surface area contributed by atoms with Gasteiger partial charge in [0.1, 0.15) is 0 Å². The zero-order valence-corrected chi connectivity index (χ0v) is 6.81. The van der Waals surface area contributed by atoms with Gasteiger partial charge in [0.05, 0.1) is 5.75 Å². The van der Waals surface area contributed by atoms with Crippen molar-refractivity contribution in [2.75, 3.05) is 5.75 Å². The number of thiol groups is 1. The summed E-state index contributed by atoms with van der Waals surface area (Å²) in [6, 6.07) is 0. The van der Waals surface area contributed by atoms with Crippen molar-refractivity contribution in [2.45, 2.75) is 6.92 Å². The van der Waals surface area contributed by atoms with Gasteiger partial charge in [-0.3, -0.25) is 0 Å². The summed E-state index contributed by atoms with van der Waals surface area (Å²) >= 11 is 6.72. The van der Waals surface area contributed by atoms with Crippen molar-refractivity contribution in [1.29, 1.82) is 0 Å². The number of thiocarbonyl (C=S) groups is 1. The molecule has 48 valence electrons. The van der Waals surface area contributed by atoms with E-state index in [4.69, 9.17) is 0 Å². The van der Waals surface area contributed by atoms with Crippen LogP contribution < -0.4 is 0 Å². The predicted octanol–water partition coefficient (Wildman–Crippen LogP) is 0.901. The minimum absolute atomic E-state index is 0.0326. The minimum atomic E-state index is -1.27. The highest BCUT2D eigenvalue weighted by Crippen LogP contribution is 1.91. The van der Waals surface area contributed by atoms with Crippen LogP contribution in [0.25, 0.3) is 0 Å². The van der Waals surface area contributed by atoms with Gasteiger partial charge in [-0.2, -0.15) is 0 Å². The van der Waals surface area contributed by atoms with E-state index in [1.807, 2.05) is 0 Å². The molecule has 0 fully saturated rings. The van der Waals surface area contributed by atoms with Gasteiger partial charge in [0.25, 0.3) is 0 Å². The second kappa shape index (κ2) is 4.29. The zero-order valence-electron chi connectivity index (χ0n) is 4.29. The fourth-order valence-electron chi connectivity index (χ4n) is 0.138. The van der Waals surface area contributed by atoms with E-state index in [9.17, 15) is 4.21 Å². The van der Waals surface area contributed by atoms with E-state index < -0.39 is 11.1 Å². The van der Waals surface area contributed by atoms with E-state index in [-0.39, 0.29) is 4.38 Å². The Labute approximate surface area is 61.7 Å². The Morgan fingerprint density at radius 1 is 2.00 bits per heavy atom. The molecule has 0 aliphatic heterocycles. The van der Waals surface area contributed by atoms with E-state index in [1.54, 1.807) is 6.92 Å². The molecule has 0 saturated carbocycles. The predicted molar refractivity (Wildman–Crippen MR) is 41.4 cm³/mol. The van der Waals surface area contributed by atoms with Crippen molar-refractivity contribution in [2.24, 2.45) is 0 Å². The average molecular weight is 170 g/mol. The first-order chi connectivity index (χ1) is 3.66. The molecule has 0 heterocycles. The molecule has 0 aliphatic carbocycles. The van der Waals surface area contributed by atoms with E-state index in [0.29, 0.717) is 5.75 Å². The van der Waals surface area contributed by atoms with Gasteiger partial charge in [-0.15, -0.1) is 0 Å². The summed E-state index contributed by atoms with van der Waals surface area (Å²) in [5.41, 5.74) is 0. The molecule has 0 saturated heterocycles. The Hall–Kier alpha value is 0.390. The molecule has 0 spiro atoms. The smallest absolute Gasteiger partial charge is 0.234 e. The Kier molecular flexibility index (Phi) is 4.50. The second-order valence-electron chi connectivity index (χ2n) is 0.942. The van der Waals surface area contributed by atoms with E-state index in [1.165, 1.54) is 0 Å². The highest BCUT2D eigenvalue weighted by atomic mass is 32.2. The molecule has 0 N–H and O–H groups in total. The highest BCUT2D eigenvalue weighted by molar-refractivity contribution is 8.11. The average Bonchev–Trinajstić information content (AvgIpc) is 1.65. The van der Waals surface area contributed by atoms with E-state index in [0.717, 1.165) is 0 Å². The maximum Gasteiger partial charge on any atom is 0.234 e. The molecule has 5 heteroatoms. The van der Waals surface area contributed by atoms with Crippen LogP contribution in [0.2, 0.25) is 0 Å².